The highest BCUT2D eigenvalue weighted by Gasteiger charge is 2.21. The molecule has 20 heavy (non-hydrogen) atoms. The third kappa shape index (κ3) is 2.74. The molecule has 0 unspecified atom stereocenters. The number of rotatable bonds is 2. The van der Waals surface area contributed by atoms with Gasteiger partial charge < -0.3 is 5.32 Å². The fourth-order valence-corrected chi connectivity index (χ4v) is 1.91. The second-order valence-corrected chi connectivity index (χ2v) is 5.49. The van der Waals surface area contributed by atoms with E-state index < -0.39 is 4.92 Å². The van der Waals surface area contributed by atoms with E-state index in [1.54, 1.807) is 12.1 Å². The number of pyridine rings is 1. The molecular weight excluding hydrogens is 258 g/mol. The van der Waals surface area contributed by atoms with Crippen molar-refractivity contribution in [3.63, 3.8) is 0 Å². The molecule has 1 aromatic carbocycles. The van der Waals surface area contributed by atoms with Crippen molar-refractivity contribution in [3.05, 3.63) is 46.1 Å². The number of carbonyl (C=O) groups excluding carboxylic acids is 1. The van der Waals surface area contributed by atoms with Crippen molar-refractivity contribution in [1.82, 2.24) is 10.3 Å². The van der Waals surface area contributed by atoms with E-state index in [4.69, 9.17) is 0 Å². The van der Waals surface area contributed by atoms with E-state index in [9.17, 15) is 14.9 Å². The van der Waals surface area contributed by atoms with Crippen LogP contribution in [0.2, 0.25) is 0 Å². The van der Waals surface area contributed by atoms with Gasteiger partial charge in [0.2, 0.25) is 0 Å². The van der Waals surface area contributed by atoms with Gasteiger partial charge in [-0.3, -0.25) is 19.9 Å². The first-order valence-corrected chi connectivity index (χ1v) is 6.14. The van der Waals surface area contributed by atoms with Gasteiger partial charge in [0.15, 0.2) is 0 Å². The zero-order valence-corrected chi connectivity index (χ0v) is 11.5. The average molecular weight is 273 g/mol. The van der Waals surface area contributed by atoms with Gasteiger partial charge in [0, 0.05) is 17.8 Å². The van der Waals surface area contributed by atoms with E-state index in [2.05, 4.69) is 10.3 Å². The number of nitro benzene ring substituents is 1. The van der Waals surface area contributed by atoms with Crippen LogP contribution in [0.1, 0.15) is 31.1 Å². The van der Waals surface area contributed by atoms with Crippen LogP contribution in [-0.2, 0) is 0 Å². The Kier molecular flexibility index (Phi) is 3.40. The van der Waals surface area contributed by atoms with Crippen LogP contribution < -0.4 is 5.32 Å². The lowest BCUT2D eigenvalue weighted by Crippen LogP contribution is -2.40. The smallest absolute Gasteiger partial charge is 0.278 e. The Bertz CT molecular complexity index is 690. The summed E-state index contributed by atoms with van der Waals surface area (Å²) in [4.78, 5) is 26.9. The Hall–Kier alpha value is -2.50. The quantitative estimate of drug-likeness (QED) is 0.673. The van der Waals surface area contributed by atoms with Gasteiger partial charge in [-0.1, -0.05) is 0 Å². The predicted molar refractivity (Wildman–Crippen MR) is 75.6 cm³/mol. The zero-order chi connectivity index (χ0) is 14.9. The highest BCUT2D eigenvalue weighted by atomic mass is 16.6. The minimum atomic E-state index is -0.477. The van der Waals surface area contributed by atoms with Crippen molar-refractivity contribution in [3.8, 4) is 0 Å². The van der Waals surface area contributed by atoms with E-state index in [1.165, 1.54) is 18.3 Å². The summed E-state index contributed by atoms with van der Waals surface area (Å²) in [7, 11) is 0. The van der Waals surface area contributed by atoms with E-state index in [0.717, 1.165) is 0 Å². The Balaban J connectivity index is 2.59. The monoisotopic (exact) mass is 273 g/mol. The minimum absolute atomic E-state index is 0.0552. The lowest BCUT2D eigenvalue weighted by Gasteiger charge is -2.20. The topological polar surface area (TPSA) is 85.1 Å². The first kappa shape index (κ1) is 13.9. The van der Waals surface area contributed by atoms with Gasteiger partial charge in [-0.05, 0) is 39.0 Å². The molecule has 2 rings (SSSR count). The third-order valence-corrected chi connectivity index (χ3v) is 2.68. The molecule has 104 valence electrons. The highest BCUT2D eigenvalue weighted by Crippen LogP contribution is 2.26. The fraction of sp³-hybridized carbons (Fsp3) is 0.286. The molecule has 1 amide bonds. The van der Waals surface area contributed by atoms with Gasteiger partial charge in [0.1, 0.15) is 0 Å². The number of benzene rings is 1. The molecule has 1 heterocycles. The maximum atomic E-state index is 12.2. The van der Waals surface area contributed by atoms with Gasteiger partial charge in [-0.15, -0.1) is 0 Å². The maximum absolute atomic E-state index is 12.2. The van der Waals surface area contributed by atoms with Crippen molar-refractivity contribution in [1.29, 1.82) is 0 Å². The van der Waals surface area contributed by atoms with Gasteiger partial charge >= 0.3 is 0 Å². The molecular formula is C14H15N3O3. The second-order valence-electron chi connectivity index (χ2n) is 5.49. The maximum Gasteiger partial charge on any atom is 0.278 e. The summed E-state index contributed by atoms with van der Waals surface area (Å²) in [5.41, 5.74) is 0.227. The Labute approximate surface area is 116 Å². The lowest BCUT2D eigenvalue weighted by molar-refractivity contribution is -0.383. The Morgan fingerprint density at radius 2 is 2.00 bits per heavy atom. The highest BCUT2D eigenvalue weighted by molar-refractivity contribution is 6.07. The molecule has 0 saturated carbocycles. The molecule has 0 aliphatic heterocycles. The summed E-state index contributed by atoms with van der Waals surface area (Å²) >= 11 is 0. The number of aromatic nitrogens is 1. The van der Waals surface area contributed by atoms with Crippen LogP contribution in [0.25, 0.3) is 10.9 Å². The molecule has 0 atom stereocenters. The molecule has 0 spiro atoms. The molecule has 0 aliphatic rings. The molecule has 0 aliphatic carbocycles. The number of fused-ring (bicyclic) bond motifs is 1. The number of hydrogen-bond donors (Lipinski definition) is 1. The number of amides is 1. The Morgan fingerprint density at radius 1 is 1.30 bits per heavy atom. The summed E-state index contributed by atoms with van der Waals surface area (Å²) < 4.78 is 0. The first-order valence-electron chi connectivity index (χ1n) is 6.14. The van der Waals surface area contributed by atoms with Crippen molar-refractivity contribution in [2.75, 3.05) is 0 Å². The SMILES string of the molecule is CC(C)(C)NC(=O)c1ccc([N+](=O)[O-])c2cccnc12. The third-order valence-electron chi connectivity index (χ3n) is 2.68. The summed E-state index contributed by atoms with van der Waals surface area (Å²) in [6.45, 7) is 5.60. The second kappa shape index (κ2) is 4.88. The van der Waals surface area contributed by atoms with E-state index in [1.807, 2.05) is 20.8 Å². The minimum Gasteiger partial charge on any atom is -0.347 e. The van der Waals surface area contributed by atoms with Crippen LogP contribution in [0.15, 0.2) is 30.5 Å². The molecule has 0 saturated heterocycles. The van der Waals surface area contributed by atoms with E-state index in [-0.39, 0.29) is 17.1 Å². The van der Waals surface area contributed by atoms with Crippen molar-refractivity contribution >= 4 is 22.5 Å². The summed E-state index contributed by atoms with van der Waals surface area (Å²) in [5.74, 6) is -0.295. The standard InChI is InChI=1S/C14H15N3O3/c1-14(2,3)16-13(18)10-6-7-11(17(19)20)9-5-4-8-15-12(9)10/h4-8H,1-3H3,(H,16,18). The van der Waals surface area contributed by atoms with Crippen molar-refractivity contribution < 1.29 is 9.72 Å². The summed E-state index contributed by atoms with van der Waals surface area (Å²) in [6, 6.07) is 5.98. The molecule has 6 heteroatoms. The normalized spacial score (nSPS) is 11.3. The van der Waals surface area contributed by atoms with Crippen molar-refractivity contribution in [2.24, 2.45) is 0 Å². The van der Waals surface area contributed by atoms with Crippen LogP contribution in [0.5, 0.6) is 0 Å². The molecule has 0 radical (unpaired) electrons. The number of hydrogen-bond acceptors (Lipinski definition) is 4. The van der Waals surface area contributed by atoms with Crippen LogP contribution >= 0.6 is 0 Å². The van der Waals surface area contributed by atoms with Crippen LogP contribution in [0, 0.1) is 10.1 Å². The largest absolute Gasteiger partial charge is 0.347 e. The average Bonchev–Trinajstić information content (AvgIpc) is 2.35. The number of non-ortho nitro benzene ring substituents is 1. The van der Waals surface area contributed by atoms with Crippen LogP contribution in [0.3, 0.4) is 0 Å². The fourth-order valence-electron chi connectivity index (χ4n) is 1.91. The summed E-state index contributed by atoms with van der Waals surface area (Å²) in [6.07, 6.45) is 1.51. The van der Waals surface area contributed by atoms with Crippen molar-refractivity contribution in [2.45, 2.75) is 26.3 Å². The zero-order valence-electron chi connectivity index (χ0n) is 11.5. The Morgan fingerprint density at radius 3 is 2.60 bits per heavy atom. The number of carbonyl (C=O) groups is 1. The van der Waals surface area contributed by atoms with E-state index >= 15 is 0 Å². The molecule has 1 N–H and O–H groups in total. The first-order chi connectivity index (χ1) is 9.29. The summed E-state index contributed by atoms with van der Waals surface area (Å²) in [5, 5.41) is 14.2. The van der Waals surface area contributed by atoms with Gasteiger partial charge in [-0.2, -0.15) is 0 Å². The number of nitro groups is 1. The molecule has 1 aromatic heterocycles. The number of nitrogens with zero attached hydrogens (tertiary/aromatic N) is 2. The lowest BCUT2D eigenvalue weighted by atomic mass is 10.0. The van der Waals surface area contributed by atoms with E-state index in [0.29, 0.717) is 16.5 Å². The van der Waals surface area contributed by atoms with Crippen LogP contribution in [-0.4, -0.2) is 21.4 Å². The van der Waals surface area contributed by atoms with Crippen LogP contribution in [0.4, 0.5) is 5.69 Å². The van der Waals surface area contributed by atoms with Gasteiger partial charge in [0.25, 0.3) is 11.6 Å². The number of nitrogens with one attached hydrogen (secondary N) is 1. The molecule has 0 bridgehead atoms. The molecule has 2 aromatic rings. The molecule has 0 fully saturated rings. The molecule has 6 nitrogen and oxygen atoms in total. The predicted octanol–water partition coefficient (Wildman–Crippen LogP) is 2.67. The van der Waals surface area contributed by atoms with Gasteiger partial charge in [-0.25, -0.2) is 0 Å². The van der Waals surface area contributed by atoms with Gasteiger partial charge in [0.05, 0.1) is 21.4 Å².